The third-order valence-corrected chi connectivity index (χ3v) is 6.12. The molecule has 2 aliphatic heterocycles. The van der Waals surface area contributed by atoms with Crippen molar-refractivity contribution in [2.24, 2.45) is 5.92 Å². The number of nitrogens with zero attached hydrogens (tertiary/aromatic N) is 1. The lowest BCUT2D eigenvalue weighted by atomic mass is 9.97. The predicted octanol–water partition coefficient (Wildman–Crippen LogP) is 3.80. The number of hydrogen-bond acceptors (Lipinski definition) is 5. The molecule has 1 aromatic carbocycles. The number of halogens is 2. The Labute approximate surface area is 170 Å². The minimum absolute atomic E-state index is 0.0232. The summed E-state index contributed by atoms with van der Waals surface area (Å²) in [6.07, 6.45) is 1.62. The van der Waals surface area contributed by atoms with Gasteiger partial charge in [-0.3, -0.25) is 9.59 Å². The van der Waals surface area contributed by atoms with Gasteiger partial charge >= 0.3 is 0 Å². The van der Waals surface area contributed by atoms with Crippen LogP contribution in [0.25, 0.3) is 0 Å². The molecule has 0 unspecified atom stereocenters. The van der Waals surface area contributed by atoms with Crippen molar-refractivity contribution in [3.05, 3.63) is 40.0 Å². The highest BCUT2D eigenvalue weighted by Gasteiger charge is 2.28. The number of benzene rings is 1. The van der Waals surface area contributed by atoms with E-state index in [9.17, 15) is 14.0 Å². The van der Waals surface area contributed by atoms with Gasteiger partial charge in [-0.05, 0) is 43.0 Å². The molecular weight excluding hydrogens is 407 g/mol. The molecular formula is C19H18ClFN2O4S. The van der Waals surface area contributed by atoms with Gasteiger partial charge in [0.05, 0.1) is 22.2 Å². The molecule has 0 bridgehead atoms. The summed E-state index contributed by atoms with van der Waals surface area (Å²) in [5.41, 5.74) is 0.559. The Morgan fingerprint density at radius 3 is 2.89 bits per heavy atom. The van der Waals surface area contributed by atoms with Gasteiger partial charge in [-0.1, -0.05) is 22.9 Å². The van der Waals surface area contributed by atoms with Crippen LogP contribution in [0.4, 0.5) is 10.1 Å². The molecule has 0 saturated carbocycles. The minimum Gasteiger partial charge on any atom is -0.492 e. The van der Waals surface area contributed by atoms with Crippen LogP contribution in [0.15, 0.2) is 24.3 Å². The van der Waals surface area contributed by atoms with Gasteiger partial charge in [-0.25, -0.2) is 4.39 Å². The van der Waals surface area contributed by atoms with E-state index in [1.54, 1.807) is 11.0 Å². The number of nitrogens with one attached hydrogen (secondary N) is 1. The average molecular weight is 425 g/mol. The van der Waals surface area contributed by atoms with Gasteiger partial charge < -0.3 is 19.7 Å². The second-order valence-corrected chi connectivity index (χ2v) is 8.19. The number of anilines is 1. The number of fused-ring (bicyclic) bond motifs is 1. The minimum atomic E-state index is -0.399. The van der Waals surface area contributed by atoms with Crippen LogP contribution in [0, 0.1) is 11.7 Å². The zero-order valence-electron chi connectivity index (χ0n) is 14.9. The monoisotopic (exact) mass is 424 g/mol. The van der Waals surface area contributed by atoms with E-state index in [0.717, 1.165) is 12.8 Å². The van der Waals surface area contributed by atoms with E-state index in [1.807, 2.05) is 0 Å². The molecule has 2 amide bonds. The van der Waals surface area contributed by atoms with E-state index in [0.29, 0.717) is 47.0 Å². The molecule has 9 heteroatoms. The van der Waals surface area contributed by atoms with Crippen LogP contribution in [-0.2, 0) is 4.79 Å². The maximum absolute atomic E-state index is 13.1. The number of carbonyl (C=O) groups is 2. The summed E-state index contributed by atoms with van der Waals surface area (Å²) >= 11 is 7.23. The van der Waals surface area contributed by atoms with Crippen molar-refractivity contribution in [3.63, 3.8) is 0 Å². The average Bonchev–Trinajstić information content (AvgIpc) is 3.10. The molecule has 1 aromatic heterocycles. The number of ether oxygens (including phenoxy) is 2. The summed E-state index contributed by atoms with van der Waals surface area (Å²) < 4.78 is 24.2. The van der Waals surface area contributed by atoms with Gasteiger partial charge in [0, 0.05) is 13.1 Å². The molecule has 1 saturated heterocycles. The first-order valence-corrected chi connectivity index (χ1v) is 10.1. The van der Waals surface area contributed by atoms with Crippen molar-refractivity contribution < 1.29 is 23.5 Å². The number of amides is 2. The highest BCUT2D eigenvalue weighted by atomic mass is 35.5. The van der Waals surface area contributed by atoms with Crippen LogP contribution in [0.5, 0.6) is 10.8 Å². The second kappa shape index (κ2) is 7.97. The molecule has 4 rings (SSSR count). The lowest BCUT2D eigenvalue weighted by Gasteiger charge is -2.31. The fourth-order valence-electron chi connectivity index (χ4n) is 3.25. The first-order chi connectivity index (χ1) is 13.5. The normalized spacial score (nSPS) is 16.9. The van der Waals surface area contributed by atoms with Crippen molar-refractivity contribution in [1.82, 2.24) is 4.90 Å². The fourth-order valence-corrected chi connectivity index (χ4v) is 4.40. The number of likely N-dealkylation sites (tertiary alicyclic amines) is 1. The SMILES string of the molecule is O=C1COc2sc(C(=O)N3CCC(COc4ccc(F)cc4Cl)CC3)cc2N1. The number of hydrogen-bond donors (Lipinski definition) is 1. The first-order valence-electron chi connectivity index (χ1n) is 8.93. The molecule has 0 radical (unpaired) electrons. The highest BCUT2D eigenvalue weighted by molar-refractivity contribution is 7.16. The fraction of sp³-hybridized carbons (Fsp3) is 0.368. The molecule has 0 aliphatic carbocycles. The van der Waals surface area contributed by atoms with Gasteiger partial charge in [0.2, 0.25) is 0 Å². The van der Waals surface area contributed by atoms with Crippen molar-refractivity contribution in [1.29, 1.82) is 0 Å². The maximum Gasteiger partial charge on any atom is 0.264 e. The molecule has 1 N–H and O–H groups in total. The van der Waals surface area contributed by atoms with E-state index in [1.165, 1.54) is 29.5 Å². The van der Waals surface area contributed by atoms with E-state index in [2.05, 4.69) is 5.32 Å². The predicted molar refractivity (Wildman–Crippen MR) is 104 cm³/mol. The van der Waals surface area contributed by atoms with Crippen molar-refractivity contribution in [2.75, 3.05) is 31.6 Å². The molecule has 6 nitrogen and oxygen atoms in total. The molecule has 148 valence electrons. The largest absolute Gasteiger partial charge is 0.492 e. The Morgan fingerprint density at radius 2 is 2.14 bits per heavy atom. The molecule has 1 fully saturated rings. The van der Waals surface area contributed by atoms with Crippen LogP contribution >= 0.6 is 22.9 Å². The zero-order chi connectivity index (χ0) is 19.7. The summed E-state index contributed by atoms with van der Waals surface area (Å²) in [5, 5.41) is 3.54. The van der Waals surface area contributed by atoms with Crippen LogP contribution in [-0.4, -0.2) is 43.0 Å². The summed E-state index contributed by atoms with van der Waals surface area (Å²) in [7, 11) is 0. The zero-order valence-corrected chi connectivity index (χ0v) is 16.4. The highest BCUT2D eigenvalue weighted by Crippen LogP contribution is 2.38. The quantitative estimate of drug-likeness (QED) is 0.810. The standard InChI is InChI=1S/C19H18ClFN2O4S/c20-13-7-12(21)1-2-15(13)26-9-11-3-5-23(6-4-11)18(25)16-8-14-19(28-16)27-10-17(24)22-14/h1-2,7-8,11H,3-6,9-10H2,(H,22,24). The third-order valence-electron chi connectivity index (χ3n) is 4.79. The Bertz CT molecular complexity index is 911. The second-order valence-electron chi connectivity index (χ2n) is 6.77. The number of rotatable bonds is 4. The maximum atomic E-state index is 13.1. The Balaban J connectivity index is 1.30. The number of piperidine rings is 1. The lowest BCUT2D eigenvalue weighted by molar-refractivity contribution is -0.118. The molecule has 2 aromatic rings. The van der Waals surface area contributed by atoms with Crippen LogP contribution < -0.4 is 14.8 Å². The van der Waals surface area contributed by atoms with E-state index < -0.39 is 5.82 Å². The molecule has 3 heterocycles. The van der Waals surface area contributed by atoms with E-state index in [4.69, 9.17) is 21.1 Å². The first kappa shape index (κ1) is 19.0. The lowest BCUT2D eigenvalue weighted by Crippen LogP contribution is -2.39. The summed E-state index contributed by atoms with van der Waals surface area (Å²) in [6, 6.07) is 5.74. The third kappa shape index (κ3) is 4.07. The topological polar surface area (TPSA) is 67.9 Å². The molecule has 28 heavy (non-hydrogen) atoms. The smallest absolute Gasteiger partial charge is 0.264 e. The molecule has 2 aliphatic rings. The van der Waals surface area contributed by atoms with Gasteiger partial charge in [-0.2, -0.15) is 0 Å². The van der Waals surface area contributed by atoms with Gasteiger partial charge in [-0.15, -0.1) is 0 Å². The Hall–Kier alpha value is -2.32. The summed E-state index contributed by atoms with van der Waals surface area (Å²) in [5.74, 6) is 0.0890. The van der Waals surface area contributed by atoms with Crippen LogP contribution in [0.3, 0.4) is 0 Å². The Morgan fingerprint density at radius 1 is 1.36 bits per heavy atom. The van der Waals surface area contributed by atoms with Gasteiger partial charge in [0.25, 0.3) is 11.8 Å². The summed E-state index contributed by atoms with van der Waals surface area (Å²) in [6.45, 7) is 1.70. The summed E-state index contributed by atoms with van der Waals surface area (Å²) in [4.78, 5) is 26.5. The van der Waals surface area contributed by atoms with Crippen molar-refractivity contribution in [3.8, 4) is 10.8 Å². The van der Waals surface area contributed by atoms with Crippen molar-refractivity contribution in [2.45, 2.75) is 12.8 Å². The van der Waals surface area contributed by atoms with Crippen LogP contribution in [0.1, 0.15) is 22.5 Å². The van der Waals surface area contributed by atoms with E-state index >= 15 is 0 Å². The molecule has 0 spiro atoms. The number of thiophene rings is 1. The molecule has 0 atom stereocenters. The number of carbonyl (C=O) groups excluding carboxylic acids is 2. The van der Waals surface area contributed by atoms with Gasteiger partial charge in [0.15, 0.2) is 11.7 Å². The van der Waals surface area contributed by atoms with Crippen molar-refractivity contribution >= 4 is 40.4 Å². The van der Waals surface area contributed by atoms with Gasteiger partial charge in [0.1, 0.15) is 11.6 Å². The van der Waals surface area contributed by atoms with E-state index in [-0.39, 0.29) is 23.4 Å². The van der Waals surface area contributed by atoms with Crippen LogP contribution in [0.2, 0.25) is 5.02 Å². The Kier molecular flexibility index (Phi) is 5.41.